The number of carbonyl (C=O) groups excluding carboxylic acids is 3. The topological polar surface area (TPSA) is 154 Å². The van der Waals surface area contributed by atoms with Crippen LogP contribution in [-0.4, -0.2) is 77.5 Å². The highest BCUT2D eigenvalue weighted by Crippen LogP contribution is 2.21. The van der Waals surface area contributed by atoms with Crippen molar-refractivity contribution in [1.82, 2.24) is 20.9 Å². The predicted molar refractivity (Wildman–Crippen MR) is 130 cm³/mol. The predicted octanol–water partition coefficient (Wildman–Crippen LogP) is 0.155. The van der Waals surface area contributed by atoms with Crippen molar-refractivity contribution in [3.05, 3.63) is 35.9 Å². The minimum Gasteiger partial charge on any atom is -0.480 e. The van der Waals surface area contributed by atoms with Crippen molar-refractivity contribution >= 4 is 23.7 Å². The van der Waals surface area contributed by atoms with Crippen LogP contribution in [0.25, 0.3) is 0 Å². The molecule has 0 radical (unpaired) electrons. The number of benzene rings is 1. The highest BCUT2D eigenvalue weighted by molar-refractivity contribution is 5.94. The lowest BCUT2D eigenvalue weighted by molar-refractivity contribution is -0.145. The largest absolute Gasteiger partial charge is 0.480 e. The van der Waals surface area contributed by atoms with Gasteiger partial charge in [0.25, 0.3) is 0 Å². The number of likely N-dealkylation sites (tertiary alicyclic amines) is 1. The molecule has 2 aliphatic heterocycles. The lowest BCUT2D eigenvalue weighted by atomic mass is 10.0. The van der Waals surface area contributed by atoms with Gasteiger partial charge in [0.05, 0.1) is 6.04 Å². The van der Waals surface area contributed by atoms with Crippen molar-refractivity contribution in [2.75, 3.05) is 19.6 Å². The Labute approximate surface area is 206 Å². The van der Waals surface area contributed by atoms with Crippen LogP contribution < -0.4 is 21.7 Å². The van der Waals surface area contributed by atoms with Crippen LogP contribution in [0.5, 0.6) is 0 Å². The van der Waals surface area contributed by atoms with Crippen LogP contribution in [0, 0.1) is 0 Å². The Morgan fingerprint density at radius 1 is 1.03 bits per heavy atom. The highest BCUT2D eigenvalue weighted by atomic mass is 16.4. The van der Waals surface area contributed by atoms with E-state index in [2.05, 4.69) is 16.0 Å². The summed E-state index contributed by atoms with van der Waals surface area (Å²) >= 11 is 0. The molecule has 1 aromatic carbocycles. The molecule has 1 aromatic rings. The molecule has 3 rings (SSSR count). The van der Waals surface area contributed by atoms with E-state index in [1.165, 1.54) is 4.90 Å². The van der Waals surface area contributed by atoms with Crippen LogP contribution in [0.1, 0.15) is 50.5 Å². The molecular formula is C25H37N5O5. The van der Waals surface area contributed by atoms with Gasteiger partial charge in [-0.15, -0.1) is 0 Å². The molecule has 6 N–H and O–H groups in total. The number of aliphatic carboxylic acids is 1. The third kappa shape index (κ3) is 7.50. The summed E-state index contributed by atoms with van der Waals surface area (Å²) in [4.78, 5) is 52.6. The zero-order valence-corrected chi connectivity index (χ0v) is 20.1. The van der Waals surface area contributed by atoms with Gasteiger partial charge >= 0.3 is 5.97 Å². The average Bonchev–Trinajstić information content (AvgIpc) is 3.56. The summed E-state index contributed by atoms with van der Waals surface area (Å²) in [5.41, 5.74) is 6.39. The van der Waals surface area contributed by atoms with Crippen molar-refractivity contribution in [3.63, 3.8) is 0 Å². The molecule has 0 saturated carbocycles. The summed E-state index contributed by atoms with van der Waals surface area (Å²) in [6, 6.07) is 6.48. The Hall–Kier alpha value is -2.98. The van der Waals surface area contributed by atoms with Crippen molar-refractivity contribution < 1.29 is 24.3 Å². The lowest BCUT2D eigenvalue weighted by Gasteiger charge is -2.30. The molecule has 0 bridgehead atoms. The van der Waals surface area contributed by atoms with Gasteiger partial charge in [0, 0.05) is 13.0 Å². The quantitative estimate of drug-likeness (QED) is 0.263. The van der Waals surface area contributed by atoms with Crippen LogP contribution in [0.4, 0.5) is 0 Å². The van der Waals surface area contributed by atoms with E-state index in [1.807, 2.05) is 30.3 Å². The van der Waals surface area contributed by atoms with E-state index in [9.17, 15) is 24.3 Å². The van der Waals surface area contributed by atoms with E-state index >= 15 is 0 Å². The molecule has 2 fully saturated rings. The molecule has 2 saturated heterocycles. The summed E-state index contributed by atoms with van der Waals surface area (Å²) in [6.07, 6.45) is 4.53. The first-order valence-corrected chi connectivity index (χ1v) is 12.5. The fraction of sp³-hybridized carbons (Fsp3) is 0.600. The molecular weight excluding hydrogens is 450 g/mol. The summed E-state index contributed by atoms with van der Waals surface area (Å²) in [6.45, 7) is 1.60. The second-order valence-corrected chi connectivity index (χ2v) is 9.27. The number of nitrogens with two attached hydrogens (primary N) is 1. The smallest absolute Gasteiger partial charge is 0.326 e. The van der Waals surface area contributed by atoms with Crippen LogP contribution in [0.2, 0.25) is 0 Å². The minimum atomic E-state index is -1.11. The van der Waals surface area contributed by atoms with E-state index in [4.69, 9.17) is 5.73 Å². The maximum absolute atomic E-state index is 13.6. The highest BCUT2D eigenvalue weighted by Gasteiger charge is 2.39. The number of carbonyl (C=O) groups is 4. The Morgan fingerprint density at radius 3 is 2.43 bits per heavy atom. The van der Waals surface area contributed by atoms with Crippen molar-refractivity contribution in [3.8, 4) is 0 Å². The fourth-order valence-electron chi connectivity index (χ4n) is 4.75. The Morgan fingerprint density at radius 2 is 1.77 bits per heavy atom. The molecule has 2 heterocycles. The fourth-order valence-corrected chi connectivity index (χ4v) is 4.75. The number of unbranched alkanes of at least 4 members (excludes halogenated alkanes) is 1. The zero-order valence-electron chi connectivity index (χ0n) is 20.1. The molecule has 2 aliphatic rings. The molecule has 10 heteroatoms. The van der Waals surface area contributed by atoms with Gasteiger partial charge in [0.15, 0.2) is 0 Å². The van der Waals surface area contributed by atoms with Crippen LogP contribution in [-0.2, 0) is 25.6 Å². The van der Waals surface area contributed by atoms with Gasteiger partial charge in [0.2, 0.25) is 17.7 Å². The second-order valence-electron chi connectivity index (χ2n) is 9.27. The van der Waals surface area contributed by atoms with Gasteiger partial charge in [-0.3, -0.25) is 14.4 Å². The number of carboxylic acid groups (broad SMARTS) is 1. The third-order valence-electron chi connectivity index (χ3n) is 6.67. The number of amides is 3. The maximum Gasteiger partial charge on any atom is 0.326 e. The van der Waals surface area contributed by atoms with Crippen molar-refractivity contribution in [1.29, 1.82) is 0 Å². The van der Waals surface area contributed by atoms with Gasteiger partial charge < -0.3 is 31.7 Å². The Balaban J connectivity index is 1.71. The van der Waals surface area contributed by atoms with Gasteiger partial charge in [-0.1, -0.05) is 30.3 Å². The SMILES string of the molecule is NCCCCC(NC(=O)C1CCCN1C(=O)C(Cc1ccccc1)NC(=O)C1CCCN1)C(=O)O. The lowest BCUT2D eigenvalue weighted by Crippen LogP contribution is -2.57. The van der Waals surface area contributed by atoms with Crippen LogP contribution >= 0.6 is 0 Å². The van der Waals surface area contributed by atoms with Crippen molar-refractivity contribution in [2.24, 2.45) is 5.73 Å². The first-order valence-electron chi connectivity index (χ1n) is 12.5. The Bertz CT molecular complexity index is 874. The number of carboxylic acids is 1. The molecule has 0 spiro atoms. The Kier molecular flexibility index (Phi) is 10.0. The van der Waals surface area contributed by atoms with Crippen LogP contribution in [0.15, 0.2) is 30.3 Å². The monoisotopic (exact) mass is 487 g/mol. The number of hydrogen-bond donors (Lipinski definition) is 5. The average molecular weight is 488 g/mol. The first-order chi connectivity index (χ1) is 16.9. The van der Waals surface area contributed by atoms with Gasteiger partial charge in [-0.2, -0.15) is 0 Å². The van der Waals surface area contributed by atoms with E-state index in [0.29, 0.717) is 51.6 Å². The number of nitrogens with zero attached hydrogens (tertiary/aromatic N) is 1. The molecule has 192 valence electrons. The maximum atomic E-state index is 13.6. The van der Waals surface area contributed by atoms with E-state index < -0.39 is 30.0 Å². The second kappa shape index (κ2) is 13.2. The van der Waals surface area contributed by atoms with E-state index in [-0.39, 0.29) is 24.3 Å². The van der Waals surface area contributed by atoms with Gasteiger partial charge in [-0.25, -0.2) is 4.79 Å². The number of hydrogen-bond acceptors (Lipinski definition) is 6. The molecule has 3 amide bonds. The number of rotatable bonds is 12. The van der Waals surface area contributed by atoms with E-state index in [0.717, 1.165) is 18.5 Å². The molecule has 0 aromatic heterocycles. The molecule has 0 aliphatic carbocycles. The summed E-state index contributed by atoms with van der Waals surface area (Å²) in [5, 5.41) is 18.2. The van der Waals surface area contributed by atoms with Crippen LogP contribution in [0.3, 0.4) is 0 Å². The van der Waals surface area contributed by atoms with Gasteiger partial charge in [0.1, 0.15) is 18.1 Å². The van der Waals surface area contributed by atoms with E-state index in [1.54, 1.807) is 0 Å². The van der Waals surface area contributed by atoms with Crippen molar-refractivity contribution in [2.45, 2.75) is 75.5 Å². The minimum absolute atomic E-state index is 0.220. The third-order valence-corrected chi connectivity index (χ3v) is 6.67. The molecule has 10 nitrogen and oxygen atoms in total. The number of nitrogens with one attached hydrogen (secondary N) is 3. The molecule has 4 atom stereocenters. The molecule has 4 unspecified atom stereocenters. The first kappa shape index (κ1) is 26.6. The summed E-state index contributed by atoms with van der Waals surface area (Å²) < 4.78 is 0. The normalized spacial score (nSPS) is 21.3. The zero-order chi connectivity index (χ0) is 25.2. The molecule has 35 heavy (non-hydrogen) atoms. The summed E-state index contributed by atoms with van der Waals surface area (Å²) in [7, 11) is 0. The van der Waals surface area contributed by atoms with Gasteiger partial charge in [-0.05, 0) is 63.6 Å². The summed E-state index contributed by atoms with van der Waals surface area (Å²) in [5.74, 6) is -2.13. The standard InChI is InChI=1S/C25H37N5O5/c26-13-5-4-10-19(25(34)35)28-23(32)21-12-7-15-30(21)24(33)20(16-17-8-2-1-3-9-17)29-22(31)18-11-6-14-27-18/h1-3,8-9,18-21,27H,4-7,10-16,26H2,(H,28,32)(H,29,31)(H,34,35).